The van der Waals surface area contributed by atoms with E-state index in [0.717, 1.165) is 13.0 Å². The van der Waals surface area contributed by atoms with Gasteiger partial charge in [0.15, 0.2) is 0 Å². The van der Waals surface area contributed by atoms with Gasteiger partial charge in [-0.1, -0.05) is 20.8 Å². The van der Waals surface area contributed by atoms with Crippen molar-refractivity contribution in [3.05, 3.63) is 0 Å². The molecule has 74 valence electrons. The molecular weight excluding hydrogens is 152 g/mol. The SMILES string of the molecule is COCC(C)CC(C)(C)C(C)O. The molecule has 0 aromatic heterocycles. The molecule has 0 radical (unpaired) electrons. The second-order valence-corrected chi connectivity index (χ2v) is 4.43. The zero-order valence-corrected chi connectivity index (χ0v) is 8.92. The van der Waals surface area contributed by atoms with Gasteiger partial charge in [0.25, 0.3) is 0 Å². The van der Waals surface area contributed by atoms with Crippen molar-refractivity contribution in [2.45, 2.75) is 40.2 Å². The lowest BCUT2D eigenvalue weighted by Crippen LogP contribution is -2.29. The summed E-state index contributed by atoms with van der Waals surface area (Å²) < 4.78 is 5.05. The molecule has 0 aliphatic carbocycles. The molecule has 0 saturated carbocycles. The molecule has 0 spiro atoms. The Balaban J connectivity index is 3.88. The summed E-state index contributed by atoms with van der Waals surface area (Å²) in [6, 6.07) is 0. The summed E-state index contributed by atoms with van der Waals surface area (Å²) in [5.74, 6) is 0.514. The van der Waals surface area contributed by atoms with Gasteiger partial charge in [-0.3, -0.25) is 0 Å². The lowest BCUT2D eigenvalue weighted by atomic mass is 9.79. The number of aliphatic hydroxyl groups excluding tert-OH is 1. The maximum Gasteiger partial charge on any atom is 0.0563 e. The third kappa shape index (κ3) is 4.07. The first-order chi connectivity index (χ1) is 5.40. The standard InChI is InChI=1S/C10H22O2/c1-8(7-12-5)6-10(3,4)9(2)11/h8-9,11H,6-7H2,1-5H3. The summed E-state index contributed by atoms with van der Waals surface area (Å²) in [4.78, 5) is 0. The fourth-order valence-corrected chi connectivity index (χ4v) is 1.41. The Hall–Kier alpha value is -0.0800. The second-order valence-electron chi connectivity index (χ2n) is 4.43. The second kappa shape index (κ2) is 4.83. The van der Waals surface area contributed by atoms with E-state index in [4.69, 9.17) is 4.74 Å². The van der Waals surface area contributed by atoms with Gasteiger partial charge in [0.2, 0.25) is 0 Å². The molecule has 0 aromatic rings. The minimum absolute atomic E-state index is 0.00204. The van der Waals surface area contributed by atoms with Crippen molar-refractivity contribution >= 4 is 0 Å². The maximum atomic E-state index is 9.46. The van der Waals surface area contributed by atoms with E-state index >= 15 is 0 Å². The van der Waals surface area contributed by atoms with Gasteiger partial charge in [0, 0.05) is 13.7 Å². The first-order valence-corrected chi connectivity index (χ1v) is 4.57. The van der Waals surface area contributed by atoms with E-state index in [-0.39, 0.29) is 11.5 Å². The normalized spacial score (nSPS) is 17.5. The van der Waals surface area contributed by atoms with Crippen LogP contribution in [0.25, 0.3) is 0 Å². The molecule has 0 aliphatic heterocycles. The Morgan fingerprint density at radius 3 is 2.17 bits per heavy atom. The Bertz CT molecular complexity index is 119. The number of aliphatic hydroxyl groups is 1. The van der Waals surface area contributed by atoms with E-state index in [0.29, 0.717) is 5.92 Å². The Kier molecular flexibility index (Phi) is 4.80. The van der Waals surface area contributed by atoms with Gasteiger partial charge in [-0.25, -0.2) is 0 Å². The fraction of sp³-hybridized carbons (Fsp3) is 1.00. The van der Waals surface area contributed by atoms with Crippen LogP contribution in [0.4, 0.5) is 0 Å². The smallest absolute Gasteiger partial charge is 0.0563 e. The van der Waals surface area contributed by atoms with Crippen LogP contribution in [0.3, 0.4) is 0 Å². The monoisotopic (exact) mass is 174 g/mol. The molecule has 0 saturated heterocycles. The van der Waals surface area contributed by atoms with E-state index in [9.17, 15) is 5.11 Å². The van der Waals surface area contributed by atoms with Gasteiger partial charge in [-0.15, -0.1) is 0 Å². The predicted octanol–water partition coefficient (Wildman–Crippen LogP) is 2.07. The average molecular weight is 174 g/mol. The van der Waals surface area contributed by atoms with E-state index in [1.54, 1.807) is 7.11 Å². The number of hydrogen-bond acceptors (Lipinski definition) is 2. The molecule has 2 nitrogen and oxygen atoms in total. The van der Waals surface area contributed by atoms with Crippen LogP contribution in [0.5, 0.6) is 0 Å². The quantitative estimate of drug-likeness (QED) is 0.691. The molecule has 2 atom stereocenters. The van der Waals surface area contributed by atoms with Crippen LogP contribution in [-0.2, 0) is 4.74 Å². The van der Waals surface area contributed by atoms with Gasteiger partial charge in [-0.05, 0) is 24.7 Å². The Morgan fingerprint density at radius 1 is 1.33 bits per heavy atom. The zero-order valence-electron chi connectivity index (χ0n) is 8.92. The largest absolute Gasteiger partial charge is 0.393 e. The van der Waals surface area contributed by atoms with Crippen molar-refractivity contribution in [2.75, 3.05) is 13.7 Å². The first kappa shape index (κ1) is 11.9. The molecule has 0 rings (SSSR count). The van der Waals surface area contributed by atoms with E-state index in [1.165, 1.54) is 0 Å². The highest BCUT2D eigenvalue weighted by Crippen LogP contribution is 2.29. The third-order valence-electron chi connectivity index (χ3n) is 2.46. The number of ether oxygens (including phenoxy) is 1. The van der Waals surface area contributed by atoms with Crippen molar-refractivity contribution in [1.82, 2.24) is 0 Å². The van der Waals surface area contributed by atoms with Crippen LogP contribution in [0.1, 0.15) is 34.1 Å². The van der Waals surface area contributed by atoms with Crippen molar-refractivity contribution in [3.8, 4) is 0 Å². The lowest BCUT2D eigenvalue weighted by molar-refractivity contribution is 0.0354. The molecule has 0 bridgehead atoms. The zero-order chi connectivity index (χ0) is 9.78. The van der Waals surface area contributed by atoms with Gasteiger partial charge >= 0.3 is 0 Å². The predicted molar refractivity (Wildman–Crippen MR) is 51.1 cm³/mol. The molecule has 0 aromatic carbocycles. The molecule has 0 heterocycles. The lowest BCUT2D eigenvalue weighted by Gasteiger charge is -2.30. The van der Waals surface area contributed by atoms with Crippen LogP contribution in [0, 0.1) is 11.3 Å². The van der Waals surface area contributed by atoms with Gasteiger partial charge < -0.3 is 9.84 Å². The molecule has 0 amide bonds. The van der Waals surface area contributed by atoms with Crippen molar-refractivity contribution in [2.24, 2.45) is 11.3 Å². The van der Waals surface area contributed by atoms with Gasteiger partial charge in [-0.2, -0.15) is 0 Å². The van der Waals surface area contributed by atoms with E-state index < -0.39 is 0 Å². The topological polar surface area (TPSA) is 29.5 Å². The van der Waals surface area contributed by atoms with Crippen LogP contribution >= 0.6 is 0 Å². The molecule has 2 heteroatoms. The average Bonchev–Trinajstić information content (AvgIpc) is 1.85. The highest BCUT2D eigenvalue weighted by atomic mass is 16.5. The van der Waals surface area contributed by atoms with Crippen LogP contribution < -0.4 is 0 Å². The Morgan fingerprint density at radius 2 is 1.83 bits per heavy atom. The van der Waals surface area contributed by atoms with Crippen molar-refractivity contribution < 1.29 is 9.84 Å². The van der Waals surface area contributed by atoms with Gasteiger partial charge in [0.1, 0.15) is 0 Å². The minimum atomic E-state index is -0.253. The van der Waals surface area contributed by atoms with Crippen LogP contribution in [-0.4, -0.2) is 24.9 Å². The highest BCUT2D eigenvalue weighted by Gasteiger charge is 2.26. The molecule has 1 N–H and O–H groups in total. The summed E-state index contributed by atoms with van der Waals surface area (Å²) in [6.45, 7) is 8.94. The number of hydrogen-bond donors (Lipinski definition) is 1. The summed E-state index contributed by atoms with van der Waals surface area (Å²) >= 11 is 0. The third-order valence-corrected chi connectivity index (χ3v) is 2.46. The van der Waals surface area contributed by atoms with Gasteiger partial charge in [0.05, 0.1) is 6.10 Å². The van der Waals surface area contributed by atoms with Crippen molar-refractivity contribution in [3.63, 3.8) is 0 Å². The van der Waals surface area contributed by atoms with Crippen LogP contribution in [0.15, 0.2) is 0 Å². The summed E-state index contributed by atoms with van der Waals surface area (Å²) in [5.41, 5.74) is -0.00204. The molecular formula is C10H22O2. The van der Waals surface area contributed by atoms with Crippen LogP contribution in [0.2, 0.25) is 0 Å². The number of methoxy groups -OCH3 is 1. The number of rotatable bonds is 5. The first-order valence-electron chi connectivity index (χ1n) is 4.57. The summed E-state index contributed by atoms with van der Waals surface area (Å²) in [5, 5.41) is 9.46. The maximum absolute atomic E-state index is 9.46. The molecule has 2 unspecified atom stereocenters. The molecule has 0 fully saturated rings. The van der Waals surface area contributed by atoms with Crippen molar-refractivity contribution in [1.29, 1.82) is 0 Å². The fourth-order valence-electron chi connectivity index (χ4n) is 1.41. The highest BCUT2D eigenvalue weighted by molar-refractivity contribution is 4.76. The van der Waals surface area contributed by atoms with E-state index in [2.05, 4.69) is 20.8 Å². The minimum Gasteiger partial charge on any atom is -0.393 e. The summed E-state index contributed by atoms with van der Waals surface area (Å²) in [6.07, 6.45) is 0.746. The summed E-state index contributed by atoms with van der Waals surface area (Å²) in [7, 11) is 1.71. The van der Waals surface area contributed by atoms with E-state index in [1.807, 2.05) is 6.92 Å². The molecule has 0 aliphatic rings. The molecule has 12 heavy (non-hydrogen) atoms. The Labute approximate surface area is 75.9 Å².